The topological polar surface area (TPSA) is 33.3 Å². The predicted molar refractivity (Wildman–Crippen MR) is 62.0 cm³/mol. The molecular formula is C12H24N2O. The first-order valence-corrected chi connectivity index (χ1v) is 6.44. The van der Waals surface area contributed by atoms with Crippen LogP contribution in [0.15, 0.2) is 0 Å². The van der Waals surface area contributed by atoms with Crippen LogP contribution in [0.1, 0.15) is 25.7 Å². The highest BCUT2D eigenvalue weighted by atomic mass is 16.5. The summed E-state index contributed by atoms with van der Waals surface area (Å²) in [6.45, 7) is 6.64. The summed E-state index contributed by atoms with van der Waals surface area (Å²) in [5.41, 5.74) is 0. The molecule has 1 saturated carbocycles. The molecule has 0 radical (unpaired) electrons. The van der Waals surface area contributed by atoms with Crippen molar-refractivity contribution >= 4 is 0 Å². The molecule has 1 aliphatic heterocycles. The second kappa shape index (κ2) is 6.46. The number of hydrogen-bond donors (Lipinski definition) is 2. The Morgan fingerprint density at radius 3 is 2.87 bits per heavy atom. The van der Waals surface area contributed by atoms with Gasteiger partial charge in [-0.3, -0.25) is 0 Å². The van der Waals surface area contributed by atoms with Gasteiger partial charge in [-0.05, 0) is 63.7 Å². The maximum atomic E-state index is 5.58. The van der Waals surface area contributed by atoms with Gasteiger partial charge in [-0.1, -0.05) is 0 Å². The van der Waals surface area contributed by atoms with Crippen molar-refractivity contribution in [3.8, 4) is 0 Å². The van der Waals surface area contributed by atoms with Crippen molar-refractivity contribution in [2.75, 3.05) is 39.4 Å². The zero-order chi connectivity index (χ0) is 10.3. The molecule has 15 heavy (non-hydrogen) atoms. The maximum absolute atomic E-state index is 5.58. The van der Waals surface area contributed by atoms with E-state index in [9.17, 15) is 0 Å². The molecule has 2 N–H and O–H groups in total. The second-order valence-electron chi connectivity index (χ2n) is 4.93. The Bertz CT molecular complexity index is 165. The molecule has 3 heteroatoms. The molecule has 2 aliphatic rings. The predicted octanol–water partition coefficient (Wildman–Crippen LogP) is 1.00. The molecule has 1 aliphatic carbocycles. The molecule has 3 nitrogen and oxygen atoms in total. The van der Waals surface area contributed by atoms with Crippen LogP contribution >= 0.6 is 0 Å². The van der Waals surface area contributed by atoms with Crippen LogP contribution in [0.5, 0.6) is 0 Å². The fraction of sp³-hybridized carbons (Fsp3) is 1.00. The van der Waals surface area contributed by atoms with Gasteiger partial charge in [0.25, 0.3) is 0 Å². The van der Waals surface area contributed by atoms with Crippen molar-refractivity contribution < 1.29 is 4.74 Å². The van der Waals surface area contributed by atoms with Crippen molar-refractivity contribution in [2.24, 2.45) is 11.8 Å². The average Bonchev–Trinajstić information content (AvgIpc) is 2.92. The molecule has 1 atom stereocenters. The largest absolute Gasteiger partial charge is 0.381 e. The van der Waals surface area contributed by atoms with Crippen molar-refractivity contribution in [1.82, 2.24) is 10.6 Å². The molecular weight excluding hydrogens is 188 g/mol. The fourth-order valence-corrected chi connectivity index (χ4v) is 2.03. The van der Waals surface area contributed by atoms with Crippen molar-refractivity contribution in [3.63, 3.8) is 0 Å². The number of ether oxygens (including phenoxy) is 1. The van der Waals surface area contributed by atoms with Gasteiger partial charge in [0.1, 0.15) is 0 Å². The van der Waals surface area contributed by atoms with Gasteiger partial charge in [-0.25, -0.2) is 0 Å². The van der Waals surface area contributed by atoms with Crippen molar-refractivity contribution in [2.45, 2.75) is 25.7 Å². The zero-order valence-electron chi connectivity index (χ0n) is 9.63. The van der Waals surface area contributed by atoms with Crippen LogP contribution in [0.25, 0.3) is 0 Å². The van der Waals surface area contributed by atoms with E-state index in [1.54, 1.807) is 0 Å². The minimum absolute atomic E-state index is 0.859. The van der Waals surface area contributed by atoms with E-state index in [0.29, 0.717) is 0 Å². The molecule has 0 spiro atoms. The van der Waals surface area contributed by atoms with Crippen LogP contribution in [0.2, 0.25) is 0 Å². The van der Waals surface area contributed by atoms with Gasteiger partial charge in [-0.15, -0.1) is 0 Å². The summed E-state index contributed by atoms with van der Waals surface area (Å²) >= 11 is 0. The highest BCUT2D eigenvalue weighted by molar-refractivity contribution is 4.73. The Hall–Kier alpha value is -0.120. The summed E-state index contributed by atoms with van der Waals surface area (Å²) in [7, 11) is 0. The smallest absolute Gasteiger partial charge is 0.0494 e. The lowest BCUT2D eigenvalue weighted by atomic mass is 10.1. The minimum Gasteiger partial charge on any atom is -0.381 e. The molecule has 2 rings (SSSR count). The molecule has 2 fully saturated rings. The summed E-state index contributed by atoms with van der Waals surface area (Å²) in [5, 5.41) is 6.90. The molecule has 0 aromatic carbocycles. The summed E-state index contributed by atoms with van der Waals surface area (Å²) in [6.07, 6.45) is 5.29. The standard InChI is InChI=1S/C12H24N2O/c1(7-15-10-11-2-3-11)5-13-8-12-4-6-14-9-12/h11-14H,1-10H2. The minimum atomic E-state index is 0.859. The molecule has 0 aromatic heterocycles. The number of hydrogen-bond acceptors (Lipinski definition) is 3. The highest BCUT2D eigenvalue weighted by Gasteiger charge is 2.20. The first-order chi connectivity index (χ1) is 7.45. The Labute approximate surface area is 93.0 Å². The van der Waals surface area contributed by atoms with Gasteiger partial charge in [0.05, 0.1) is 0 Å². The van der Waals surface area contributed by atoms with Gasteiger partial charge < -0.3 is 15.4 Å². The Balaban J connectivity index is 1.32. The van der Waals surface area contributed by atoms with E-state index in [0.717, 1.165) is 38.0 Å². The highest BCUT2D eigenvalue weighted by Crippen LogP contribution is 2.28. The molecule has 0 amide bonds. The third kappa shape index (κ3) is 4.96. The van der Waals surface area contributed by atoms with Gasteiger partial charge >= 0.3 is 0 Å². The normalized spacial score (nSPS) is 26.0. The third-order valence-corrected chi connectivity index (χ3v) is 3.29. The van der Waals surface area contributed by atoms with E-state index in [4.69, 9.17) is 4.74 Å². The van der Waals surface area contributed by atoms with Crippen LogP contribution in [0, 0.1) is 11.8 Å². The Morgan fingerprint density at radius 1 is 1.20 bits per heavy atom. The first kappa shape index (κ1) is 11.4. The van der Waals surface area contributed by atoms with E-state index < -0.39 is 0 Å². The van der Waals surface area contributed by atoms with Crippen LogP contribution in [0.4, 0.5) is 0 Å². The van der Waals surface area contributed by atoms with Crippen LogP contribution in [-0.4, -0.2) is 39.4 Å². The average molecular weight is 212 g/mol. The molecule has 1 heterocycles. The second-order valence-corrected chi connectivity index (χ2v) is 4.93. The molecule has 1 unspecified atom stereocenters. The van der Waals surface area contributed by atoms with Gasteiger partial charge in [0.2, 0.25) is 0 Å². The Morgan fingerprint density at radius 2 is 2.13 bits per heavy atom. The van der Waals surface area contributed by atoms with E-state index in [-0.39, 0.29) is 0 Å². The van der Waals surface area contributed by atoms with E-state index in [2.05, 4.69) is 10.6 Å². The molecule has 0 bridgehead atoms. The number of rotatable bonds is 8. The SMILES string of the molecule is C(CNCC1CCNC1)COCC1CC1. The van der Waals surface area contributed by atoms with E-state index >= 15 is 0 Å². The molecule has 1 saturated heterocycles. The Kier molecular flexibility index (Phi) is 4.90. The van der Waals surface area contributed by atoms with Gasteiger partial charge in [0.15, 0.2) is 0 Å². The molecule has 88 valence electrons. The maximum Gasteiger partial charge on any atom is 0.0494 e. The van der Waals surface area contributed by atoms with Crippen molar-refractivity contribution in [3.05, 3.63) is 0 Å². The lowest BCUT2D eigenvalue weighted by Gasteiger charge is -2.09. The lowest BCUT2D eigenvalue weighted by molar-refractivity contribution is 0.122. The number of nitrogens with one attached hydrogen (secondary N) is 2. The van der Waals surface area contributed by atoms with Gasteiger partial charge in [0, 0.05) is 13.2 Å². The summed E-state index contributed by atoms with van der Waals surface area (Å²) in [5.74, 6) is 1.76. The van der Waals surface area contributed by atoms with Gasteiger partial charge in [-0.2, -0.15) is 0 Å². The third-order valence-electron chi connectivity index (χ3n) is 3.29. The molecule has 0 aromatic rings. The summed E-state index contributed by atoms with van der Waals surface area (Å²) < 4.78 is 5.58. The van der Waals surface area contributed by atoms with Crippen molar-refractivity contribution in [1.29, 1.82) is 0 Å². The first-order valence-electron chi connectivity index (χ1n) is 6.44. The van der Waals surface area contributed by atoms with E-state index in [1.165, 1.54) is 38.9 Å². The quantitative estimate of drug-likeness (QED) is 0.589. The fourth-order valence-electron chi connectivity index (χ4n) is 2.03. The van der Waals surface area contributed by atoms with E-state index in [1.807, 2.05) is 0 Å². The van der Waals surface area contributed by atoms with Crippen LogP contribution in [-0.2, 0) is 4.74 Å². The lowest BCUT2D eigenvalue weighted by Crippen LogP contribution is -2.25. The zero-order valence-corrected chi connectivity index (χ0v) is 9.63. The van der Waals surface area contributed by atoms with Crippen LogP contribution < -0.4 is 10.6 Å². The summed E-state index contributed by atoms with van der Waals surface area (Å²) in [4.78, 5) is 0. The monoisotopic (exact) mass is 212 g/mol. The van der Waals surface area contributed by atoms with Crippen LogP contribution in [0.3, 0.4) is 0 Å². The summed E-state index contributed by atoms with van der Waals surface area (Å²) in [6, 6.07) is 0.